The summed E-state index contributed by atoms with van der Waals surface area (Å²) in [5.74, 6) is 1.07. The van der Waals surface area contributed by atoms with Crippen molar-refractivity contribution in [1.82, 2.24) is 4.90 Å². The summed E-state index contributed by atoms with van der Waals surface area (Å²) in [6, 6.07) is 0. The Hall–Kier alpha value is -0.530. The maximum absolute atomic E-state index is 12.3. The Kier molecular flexibility index (Phi) is 13.1. The smallest absolute Gasteiger partial charge is 0.222 e. The molecular weight excluding hydrogens is 246 g/mol. The average molecular weight is 284 g/mol. The van der Waals surface area contributed by atoms with E-state index < -0.39 is 0 Å². The molecule has 0 spiro atoms. The van der Waals surface area contributed by atoms with Crippen molar-refractivity contribution >= 4 is 5.91 Å². The van der Waals surface area contributed by atoms with Gasteiger partial charge in [0.25, 0.3) is 0 Å². The number of nitrogens with zero attached hydrogens (tertiary/aromatic N) is 1. The average Bonchev–Trinajstić information content (AvgIpc) is 2.42. The Labute approximate surface area is 127 Å². The molecule has 0 aromatic rings. The lowest BCUT2D eigenvalue weighted by molar-refractivity contribution is -0.131. The number of carbonyl (C=O) groups is 1. The van der Waals surface area contributed by atoms with E-state index in [2.05, 4.69) is 32.6 Å². The summed E-state index contributed by atoms with van der Waals surface area (Å²) in [5, 5.41) is 0. The monoisotopic (exact) mass is 283 g/mol. The second-order valence-corrected chi connectivity index (χ2v) is 6.43. The largest absolute Gasteiger partial charge is 0.343 e. The SMILES string of the molecule is CCCCCCCCC(=O)N(CCCC)CCC(C)C. The summed E-state index contributed by atoms with van der Waals surface area (Å²) < 4.78 is 0. The van der Waals surface area contributed by atoms with Crippen molar-refractivity contribution in [1.29, 1.82) is 0 Å². The van der Waals surface area contributed by atoms with Crippen LogP contribution in [0.2, 0.25) is 0 Å². The molecule has 0 N–H and O–H groups in total. The van der Waals surface area contributed by atoms with Gasteiger partial charge in [-0.05, 0) is 25.2 Å². The van der Waals surface area contributed by atoms with Gasteiger partial charge in [0.1, 0.15) is 0 Å². The van der Waals surface area contributed by atoms with Gasteiger partial charge in [-0.2, -0.15) is 0 Å². The van der Waals surface area contributed by atoms with E-state index in [0.717, 1.165) is 38.8 Å². The second-order valence-electron chi connectivity index (χ2n) is 6.43. The van der Waals surface area contributed by atoms with Crippen molar-refractivity contribution in [2.24, 2.45) is 5.92 Å². The number of hydrogen-bond acceptors (Lipinski definition) is 1. The van der Waals surface area contributed by atoms with E-state index in [4.69, 9.17) is 0 Å². The molecule has 0 aliphatic carbocycles. The quantitative estimate of drug-likeness (QED) is 0.414. The Balaban J connectivity index is 3.87. The van der Waals surface area contributed by atoms with Gasteiger partial charge >= 0.3 is 0 Å². The molecule has 0 fully saturated rings. The minimum Gasteiger partial charge on any atom is -0.343 e. The molecule has 0 atom stereocenters. The molecule has 0 unspecified atom stereocenters. The zero-order valence-corrected chi connectivity index (χ0v) is 14.4. The first-order valence-electron chi connectivity index (χ1n) is 8.89. The standard InChI is InChI=1S/C18H37NO/c1-5-7-9-10-11-12-13-18(20)19(15-8-6-2)16-14-17(3)4/h17H,5-16H2,1-4H3. The van der Waals surface area contributed by atoms with Crippen molar-refractivity contribution in [3.63, 3.8) is 0 Å². The first-order valence-corrected chi connectivity index (χ1v) is 8.89. The van der Waals surface area contributed by atoms with Crippen LogP contribution in [0.3, 0.4) is 0 Å². The minimum absolute atomic E-state index is 0.384. The molecule has 0 heterocycles. The van der Waals surface area contributed by atoms with Gasteiger partial charge in [-0.15, -0.1) is 0 Å². The molecule has 0 rings (SSSR count). The normalized spacial score (nSPS) is 11.1. The zero-order valence-electron chi connectivity index (χ0n) is 14.4. The van der Waals surface area contributed by atoms with E-state index in [1.165, 1.54) is 38.5 Å². The van der Waals surface area contributed by atoms with Crippen molar-refractivity contribution in [3.05, 3.63) is 0 Å². The van der Waals surface area contributed by atoms with Crippen LogP contribution in [-0.4, -0.2) is 23.9 Å². The van der Waals surface area contributed by atoms with Crippen molar-refractivity contribution in [2.45, 2.75) is 91.9 Å². The van der Waals surface area contributed by atoms with Crippen molar-refractivity contribution in [3.8, 4) is 0 Å². The minimum atomic E-state index is 0.384. The van der Waals surface area contributed by atoms with Gasteiger partial charge in [-0.3, -0.25) is 4.79 Å². The Morgan fingerprint density at radius 1 is 0.850 bits per heavy atom. The summed E-state index contributed by atoms with van der Waals surface area (Å²) in [4.78, 5) is 14.4. The fourth-order valence-corrected chi connectivity index (χ4v) is 2.34. The molecule has 120 valence electrons. The fourth-order valence-electron chi connectivity index (χ4n) is 2.34. The molecule has 2 heteroatoms. The molecule has 0 aliphatic rings. The number of unbranched alkanes of at least 4 members (excludes halogenated alkanes) is 6. The molecule has 0 radical (unpaired) electrons. The van der Waals surface area contributed by atoms with Gasteiger partial charge in [0, 0.05) is 19.5 Å². The maximum Gasteiger partial charge on any atom is 0.222 e. The van der Waals surface area contributed by atoms with Gasteiger partial charge in [-0.25, -0.2) is 0 Å². The molecule has 0 aromatic carbocycles. The van der Waals surface area contributed by atoms with E-state index >= 15 is 0 Å². The topological polar surface area (TPSA) is 20.3 Å². The van der Waals surface area contributed by atoms with Gasteiger partial charge in [0.05, 0.1) is 0 Å². The third-order valence-electron chi connectivity index (χ3n) is 3.85. The molecule has 0 aliphatic heterocycles. The molecular formula is C18H37NO. The van der Waals surface area contributed by atoms with Crippen LogP contribution in [-0.2, 0) is 4.79 Å². The summed E-state index contributed by atoms with van der Waals surface area (Å²) in [7, 11) is 0. The first kappa shape index (κ1) is 19.5. The molecule has 0 saturated heterocycles. The van der Waals surface area contributed by atoms with E-state index in [1.54, 1.807) is 0 Å². The highest BCUT2D eigenvalue weighted by Gasteiger charge is 2.12. The maximum atomic E-state index is 12.3. The lowest BCUT2D eigenvalue weighted by Crippen LogP contribution is -2.33. The summed E-state index contributed by atoms with van der Waals surface area (Å²) in [6.07, 6.45) is 11.7. The summed E-state index contributed by atoms with van der Waals surface area (Å²) in [5.41, 5.74) is 0. The Morgan fingerprint density at radius 3 is 2.05 bits per heavy atom. The summed E-state index contributed by atoms with van der Waals surface area (Å²) in [6.45, 7) is 10.8. The molecule has 2 nitrogen and oxygen atoms in total. The zero-order chi connectivity index (χ0) is 15.2. The van der Waals surface area contributed by atoms with E-state index in [9.17, 15) is 4.79 Å². The fraction of sp³-hybridized carbons (Fsp3) is 0.944. The number of amides is 1. The van der Waals surface area contributed by atoms with Crippen LogP contribution < -0.4 is 0 Å². The third kappa shape index (κ3) is 11.3. The van der Waals surface area contributed by atoms with Crippen LogP contribution in [0.15, 0.2) is 0 Å². The van der Waals surface area contributed by atoms with E-state index in [0.29, 0.717) is 11.8 Å². The predicted octanol–water partition coefficient (Wildman–Crippen LogP) is 5.41. The van der Waals surface area contributed by atoms with Crippen LogP contribution in [0.5, 0.6) is 0 Å². The van der Waals surface area contributed by atoms with Crippen LogP contribution in [0.4, 0.5) is 0 Å². The molecule has 1 amide bonds. The molecule has 0 saturated carbocycles. The van der Waals surface area contributed by atoms with Crippen molar-refractivity contribution in [2.75, 3.05) is 13.1 Å². The van der Waals surface area contributed by atoms with Crippen molar-refractivity contribution < 1.29 is 4.79 Å². The highest BCUT2D eigenvalue weighted by atomic mass is 16.2. The number of carbonyl (C=O) groups excluding carboxylic acids is 1. The van der Waals surface area contributed by atoms with Crippen LogP contribution in [0, 0.1) is 5.92 Å². The van der Waals surface area contributed by atoms with Gasteiger partial charge in [-0.1, -0.05) is 66.2 Å². The Bertz CT molecular complexity index is 225. The number of hydrogen-bond donors (Lipinski definition) is 0. The van der Waals surface area contributed by atoms with E-state index in [-0.39, 0.29) is 0 Å². The predicted molar refractivity (Wildman–Crippen MR) is 88.9 cm³/mol. The lowest BCUT2D eigenvalue weighted by Gasteiger charge is -2.23. The van der Waals surface area contributed by atoms with Gasteiger partial charge in [0.2, 0.25) is 5.91 Å². The van der Waals surface area contributed by atoms with Crippen LogP contribution in [0.1, 0.15) is 91.9 Å². The van der Waals surface area contributed by atoms with E-state index in [1.807, 2.05) is 0 Å². The molecule has 20 heavy (non-hydrogen) atoms. The lowest BCUT2D eigenvalue weighted by atomic mass is 10.1. The number of rotatable bonds is 13. The second kappa shape index (κ2) is 13.5. The van der Waals surface area contributed by atoms with Gasteiger partial charge in [0.15, 0.2) is 0 Å². The highest BCUT2D eigenvalue weighted by molar-refractivity contribution is 5.76. The van der Waals surface area contributed by atoms with Gasteiger partial charge < -0.3 is 4.90 Å². The summed E-state index contributed by atoms with van der Waals surface area (Å²) >= 11 is 0. The third-order valence-corrected chi connectivity index (χ3v) is 3.85. The molecule has 0 bridgehead atoms. The van der Waals surface area contributed by atoms with Crippen LogP contribution >= 0.6 is 0 Å². The highest BCUT2D eigenvalue weighted by Crippen LogP contribution is 2.10. The van der Waals surface area contributed by atoms with Crippen LogP contribution in [0.25, 0.3) is 0 Å². The first-order chi connectivity index (χ1) is 9.61. The molecule has 0 aromatic heterocycles. The Morgan fingerprint density at radius 2 is 1.45 bits per heavy atom.